The summed E-state index contributed by atoms with van der Waals surface area (Å²) in [5, 5.41) is 6.33. The lowest BCUT2D eigenvalue weighted by atomic mass is 10.2. The van der Waals surface area contributed by atoms with E-state index in [2.05, 4.69) is 15.6 Å². The van der Waals surface area contributed by atoms with Gasteiger partial charge in [0.2, 0.25) is 0 Å². The van der Waals surface area contributed by atoms with Crippen LogP contribution in [0.25, 0.3) is 0 Å². The van der Waals surface area contributed by atoms with Crippen LogP contribution in [0.5, 0.6) is 0 Å². The highest BCUT2D eigenvalue weighted by molar-refractivity contribution is 7.80. The summed E-state index contributed by atoms with van der Waals surface area (Å²) in [4.78, 5) is 15.6. The van der Waals surface area contributed by atoms with E-state index in [0.717, 1.165) is 5.56 Å². The number of primary amides is 1. The molecule has 0 fully saturated rings. The highest BCUT2D eigenvalue weighted by atomic mass is 32.1. The maximum Gasteiger partial charge on any atom is 0.269 e. The van der Waals surface area contributed by atoms with Gasteiger partial charge in [-0.1, -0.05) is 30.3 Å². The van der Waals surface area contributed by atoms with Gasteiger partial charge in [-0.15, -0.1) is 0 Å². The SMILES string of the molecule is CNC(=S)NCc1c(C(N)=O)ncn1Cc1ccccc1. The quantitative estimate of drug-likeness (QED) is 0.705. The third-order valence-electron chi connectivity index (χ3n) is 3.02. The molecule has 0 bridgehead atoms. The number of carbonyl (C=O) groups is 1. The topological polar surface area (TPSA) is 85.0 Å². The van der Waals surface area contributed by atoms with Gasteiger partial charge in [0, 0.05) is 13.6 Å². The van der Waals surface area contributed by atoms with Crippen molar-refractivity contribution in [2.24, 2.45) is 5.73 Å². The zero-order valence-corrected chi connectivity index (χ0v) is 12.5. The number of nitrogens with two attached hydrogens (primary N) is 1. The second-order valence-electron chi connectivity index (χ2n) is 4.45. The maximum atomic E-state index is 11.5. The van der Waals surface area contributed by atoms with E-state index < -0.39 is 5.91 Å². The Kier molecular flexibility index (Phi) is 4.89. The number of benzene rings is 1. The van der Waals surface area contributed by atoms with Crippen molar-refractivity contribution in [3.63, 3.8) is 0 Å². The standard InChI is InChI=1S/C14H17N5OS/c1-16-14(21)17-7-11-12(13(15)20)18-9-19(11)8-10-5-3-2-4-6-10/h2-6,9H,7-8H2,1H3,(H2,15,20)(H2,16,17,21). The zero-order chi connectivity index (χ0) is 15.2. The second-order valence-corrected chi connectivity index (χ2v) is 4.86. The summed E-state index contributed by atoms with van der Waals surface area (Å²) in [7, 11) is 1.73. The van der Waals surface area contributed by atoms with E-state index in [1.807, 2.05) is 34.9 Å². The van der Waals surface area contributed by atoms with E-state index in [9.17, 15) is 4.79 Å². The lowest BCUT2D eigenvalue weighted by Crippen LogP contribution is -2.33. The Bertz CT molecular complexity index is 638. The van der Waals surface area contributed by atoms with Crippen LogP contribution in [0.3, 0.4) is 0 Å². The number of hydrogen-bond donors (Lipinski definition) is 3. The predicted molar refractivity (Wildman–Crippen MR) is 84.8 cm³/mol. The van der Waals surface area contributed by atoms with Crippen LogP contribution in [0.1, 0.15) is 21.7 Å². The number of aromatic nitrogens is 2. The summed E-state index contributed by atoms with van der Waals surface area (Å²) >= 11 is 5.04. The molecule has 2 rings (SSSR count). The van der Waals surface area contributed by atoms with E-state index >= 15 is 0 Å². The van der Waals surface area contributed by atoms with Gasteiger partial charge in [0.15, 0.2) is 10.8 Å². The zero-order valence-electron chi connectivity index (χ0n) is 11.7. The van der Waals surface area contributed by atoms with Gasteiger partial charge in [0.1, 0.15) is 0 Å². The van der Waals surface area contributed by atoms with Crippen molar-refractivity contribution in [3.8, 4) is 0 Å². The van der Waals surface area contributed by atoms with Gasteiger partial charge in [-0.25, -0.2) is 4.98 Å². The van der Waals surface area contributed by atoms with E-state index in [1.54, 1.807) is 13.4 Å². The fourth-order valence-corrected chi connectivity index (χ4v) is 2.04. The number of rotatable bonds is 5. The van der Waals surface area contributed by atoms with Gasteiger partial charge in [-0.3, -0.25) is 4.79 Å². The Morgan fingerprint density at radius 3 is 2.71 bits per heavy atom. The minimum atomic E-state index is -0.547. The summed E-state index contributed by atoms with van der Waals surface area (Å²) in [6.07, 6.45) is 1.62. The molecule has 7 heteroatoms. The first-order chi connectivity index (χ1) is 10.1. The van der Waals surface area contributed by atoms with Gasteiger partial charge in [-0.2, -0.15) is 0 Å². The molecule has 0 radical (unpaired) electrons. The summed E-state index contributed by atoms with van der Waals surface area (Å²) < 4.78 is 1.89. The molecule has 0 aliphatic heterocycles. The van der Waals surface area contributed by atoms with Crippen LogP contribution in [-0.4, -0.2) is 27.6 Å². The molecule has 0 aliphatic carbocycles. The molecule has 6 nitrogen and oxygen atoms in total. The molecule has 0 aliphatic rings. The molecule has 0 atom stereocenters. The third kappa shape index (κ3) is 3.79. The number of nitrogens with zero attached hydrogens (tertiary/aromatic N) is 2. The van der Waals surface area contributed by atoms with Crippen molar-refractivity contribution < 1.29 is 4.79 Å². The van der Waals surface area contributed by atoms with Gasteiger partial charge in [-0.05, 0) is 17.8 Å². The Morgan fingerprint density at radius 2 is 2.10 bits per heavy atom. The van der Waals surface area contributed by atoms with Crippen LogP contribution in [0.4, 0.5) is 0 Å². The molecule has 1 aromatic carbocycles. The number of carbonyl (C=O) groups excluding carboxylic acids is 1. The fourth-order valence-electron chi connectivity index (χ4n) is 1.97. The van der Waals surface area contributed by atoms with Crippen LogP contribution in [0.2, 0.25) is 0 Å². The number of thiocarbonyl (C=S) groups is 1. The molecule has 1 amide bonds. The third-order valence-corrected chi connectivity index (χ3v) is 3.37. The fraction of sp³-hybridized carbons (Fsp3) is 0.214. The van der Waals surface area contributed by atoms with Gasteiger partial charge in [0.25, 0.3) is 5.91 Å². The average molecular weight is 303 g/mol. The van der Waals surface area contributed by atoms with E-state index in [-0.39, 0.29) is 5.69 Å². The Hall–Kier alpha value is -2.41. The van der Waals surface area contributed by atoms with Gasteiger partial charge >= 0.3 is 0 Å². The molecule has 0 saturated heterocycles. The van der Waals surface area contributed by atoms with Crippen LogP contribution >= 0.6 is 12.2 Å². The molecule has 4 N–H and O–H groups in total. The van der Waals surface area contributed by atoms with Crippen LogP contribution in [0, 0.1) is 0 Å². The molecule has 0 unspecified atom stereocenters. The highest BCUT2D eigenvalue weighted by Crippen LogP contribution is 2.11. The van der Waals surface area contributed by atoms with E-state index in [4.69, 9.17) is 18.0 Å². The molecule has 2 aromatic rings. The molecule has 21 heavy (non-hydrogen) atoms. The van der Waals surface area contributed by atoms with Crippen molar-refractivity contribution in [3.05, 3.63) is 53.6 Å². The molecule has 0 saturated carbocycles. The monoisotopic (exact) mass is 303 g/mol. The minimum absolute atomic E-state index is 0.261. The van der Waals surface area contributed by atoms with Crippen molar-refractivity contribution in [2.75, 3.05) is 7.05 Å². The normalized spacial score (nSPS) is 10.1. The lowest BCUT2D eigenvalue weighted by molar-refractivity contribution is 0.0995. The van der Waals surface area contributed by atoms with Crippen molar-refractivity contribution >= 4 is 23.2 Å². The molecule has 0 spiro atoms. The van der Waals surface area contributed by atoms with Crippen molar-refractivity contribution in [1.82, 2.24) is 20.2 Å². The van der Waals surface area contributed by atoms with Gasteiger partial charge < -0.3 is 20.9 Å². The average Bonchev–Trinajstić information content (AvgIpc) is 2.88. The van der Waals surface area contributed by atoms with Crippen molar-refractivity contribution in [2.45, 2.75) is 13.1 Å². The molecule has 110 valence electrons. The van der Waals surface area contributed by atoms with E-state index in [1.165, 1.54) is 0 Å². The van der Waals surface area contributed by atoms with Crippen LogP contribution < -0.4 is 16.4 Å². The van der Waals surface area contributed by atoms with Crippen LogP contribution in [-0.2, 0) is 13.1 Å². The first-order valence-electron chi connectivity index (χ1n) is 6.45. The Morgan fingerprint density at radius 1 is 1.38 bits per heavy atom. The molecule has 1 heterocycles. The van der Waals surface area contributed by atoms with Gasteiger partial charge in [0.05, 0.1) is 18.6 Å². The number of nitrogens with one attached hydrogen (secondary N) is 2. The smallest absolute Gasteiger partial charge is 0.269 e. The number of hydrogen-bond acceptors (Lipinski definition) is 3. The number of amides is 1. The Labute approximate surface area is 128 Å². The maximum absolute atomic E-state index is 11.5. The molecular formula is C14H17N5OS. The summed E-state index contributed by atoms with van der Waals surface area (Å²) in [6.45, 7) is 0.995. The first kappa shape index (κ1) is 15.0. The largest absolute Gasteiger partial charge is 0.366 e. The summed E-state index contributed by atoms with van der Waals surface area (Å²) in [5.41, 5.74) is 7.46. The summed E-state index contributed by atoms with van der Waals surface area (Å²) in [6, 6.07) is 9.92. The molecule has 1 aromatic heterocycles. The minimum Gasteiger partial charge on any atom is -0.366 e. The van der Waals surface area contributed by atoms with E-state index in [0.29, 0.717) is 23.9 Å². The van der Waals surface area contributed by atoms with Crippen LogP contribution in [0.15, 0.2) is 36.7 Å². The first-order valence-corrected chi connectivity index (χ1v) is 6.86. The second kappa shape index (κ2) is 6.85. The van der Waals surface area contributed by atoms with Crippen molar-refractivity contribution in [1.29, 1.82) is 0 Å². The highest BCUT2D eigenvalue weighted by Gasteiger charge is 2.15. The molecular weight excluding hydrogens is 286 g/mol. The predicted octanol–water partition coefficient (Wildman–Crippen LogP) is 0.624. The Balaban J connectivity index is 2.24. The number of imidazole rings is 1. The lowest BCUT2D eigenvalue weighted by Gasteiger charge is -2.11. The summed E-state index contributed by atoms with van der Waals surface area (Å²) in [5.74, 6) is -0.547.